The molecule has 6 heteroatoms. The number of likely N-dealkylation sites (tertiary alicyclic amines) is 1. The molecule has 21 heavy (non-hydrogen) atoms. The maximum Gasteiger partial charge on any atom is 0.332 e. The largest absolute Gasteiger partial charge is 0.479 e. The predicted octanol–water partition coefficient (Wildman–Crippen LogP) is 1.68. The number of carbonyl (C=O) groups is 2. The van der Waals surface area contributed by atoms with Gasteiger partial charge in [-0.25, -0.2) is 9.59 Å². The molecular weight excluding hydrogens is 272 g/mol. The van der Waals surface area contributed by atoms with Crippen molar-refractivity contribution in [3.8, 4) is 0 Å². The van der Waals surface area contributed by atoms with Crippen LogP contribution in [-0.4, -0.2) is 52.9 Å². The van der Waals surface area contributed by atoms with Gasteiger partial charge >= 0.3 is 12.0 Å². The van der Waals surface area contributed by atoms with Crippen LogP contribution in [0.15, 0.2) is 0 Å². The zero-order valence-corrected chi connectivity index (χ0v) is 13.3. The number of carbonyl (C=O) groups excluding carboxylic acids is 1. The number of hydrogen-bond acceptors (Lipinski definition) is 3. The zero-order chi connectivity index (χ0) is 16.0. The Balaban J connectivity index is 2.37. The Labute approximate surface area is 126 Å². The standard InChI is InChI=1S/C15H28N2O4/c1-15(2,3)11-5-4-9-17(10-7-11)14(21)16-8-6-12(18)13(19)20/h11-12,18H,4-10H2,1-3H3,(H,16,21)(H,19,20). The Morgan fingerprint density at radius 3 is 2.52 bits per heavy atom. The molecule has 1 aliphatic heterocycles. The number of amides is 2. The van der Waals surface area contributed by atoms with Crippen LogP contribution in [0, 0.1) is 11.3 Å². The Kier molecular flexibility index (Phi) is 6.45. The van der Waals surface area contributed by atoms with Crippen LogP contribution < -0.4 is 5.32 Å². The van der Waals surface area contributed by atoms with Gasteiger partial charge < -0.3 is 20.4 Å². The molecule has 2 atom stereocenters. The molecule has 0 aromatic carbocycles. The van der Waals surface area contributed by atoms with Crippen molar-refractivity contribution in [2.24, 2.45) is 11.3 Å². The quantitative estimate of drug-likeness (QED) is 0.737. The molecule has 0 aliphatic carbocycles. The van der Waals surface area contributed by atoms with Crippen LogP contribution in [0.1, 0.15) is 46.5 Å². The summed E-state index contributed by atoms with van der Waals surface area (Å²) in [5.41, 5.74) is 0.262. The highest BCUT2D eigenvalue weighted by atomic mass is 16.4. The van der Waals surface area contributed by atoms with E-state index in [0.717, 1.165) is 32.4 Å². The highest BCUT2D eigenvalue weighted by molar-refractivity contribution is 5.74. The fraction of sp³-hybridized carbons (Fsp3) is 0.867. The molecule has 1 aliphatic rings. The van der Waals surface area contributed by atoms with Crippen molar-refractivity contribution in [1.29, 1.82) is 0 Å². The van der Waals surface area contributed by atoms with E-state index in [1.54, 1.807) is 4.90 Å². The summed E-state index contributed by atoms with van der Waals surface area (Å²) in [6.07, 6.45) is 1.73. The van der Waals surface area contributed by atoms with Crippen molar-refractivity contribution in [1.82, 2.24) is 10.2 Å². The second kappa shape index (κ2) is 7.64. The number of aliphatic hydroxyl groups is 1. The molecule has 2 unspecified atom stereocenters. The number of carboxylic acids is 1. The Bertz CT molecular complexity index is 365. The van der Waals surface area contributed by atoms with Crippen LogP contribution in [-0.2, 0) is 4.79 Å². The molecule has 0 bridgehead atoms. The molecule has 1 fully saturated rings. The van der Waals surface area contributed by atoms with Crippen molar-refractivity contribution in [2.75, 3.05) is 19.6 Å². The van der Waals surface area contributed by atoms with Crippen molar-refractivity contribution >= 4 is 12.0 Å². The average molecular weight is 300 g/mol. The number of aliphatic hydroxyl groups excluding tert-OH is 1. The summed E-state index contributed by atoms with van der Waals surface area (Å²) >= 11 is 0. The third-order valence-corrected chi connectivity index (χ3v) is 4.22. The van der Waals surface area contributed by atoms with E-state index in [0.29, 0.717) is 5.92 Å². The fourth-order valence-corrected chi connectivity index (χ4v) is 2.72. The second-order valence-corrected chi connectivity index (χ2v) is 6.86. The minimum atomic E-state index is -1.42. The maximum absolute atomic E-state index is 12.0. The van der Waals surface area contributed by atoms with Crippen LogP contribution >= 0.6 is 0 Å². The first-order valence-electron chi connectivity index (χ1n) is 7.65. The van der Waals surface area contributed by atoms with E-state index in [2.05, 4.69) is 26.1 Å². The van der Waals surface area contributed by atoms with Gasteiger partial charge in [-0.3, -0.25) is 0 Å². The number of carboxylic acid groups (broad SMARTS) is 1. The molecule has 6 nitrogen and oxygen atoms in total. The van der Waals surface area contributed by atoms with Gasteiger partial charge in [0.1, 0.15) is 0 Å². The Morgan fingerprint density at radius 2 is 1.95 bits per heavy atom. The van der Waals surface area contributed by atoms with Crippen molar-refractivity contribution in [2.45, 2.75) is 52.6 Å². The van der Waals surface area contributed by atoms with Gasteiger partial charge in [0.15, 0.2) is 6.10 Å². The molecule has 3 N–H and O–H groups in total. The molecular formula is C15H28N2O4. The number of nitrogens with zero attached hydrogens (tertiary/aromatic N) is 1. The third-order valence-electron chi connectivity index (χ3n) is 4.22. The number of aliphatic carboxylic acids is 1. The highest BCUT2D eigenvalue weighted by Gasteiger charge is 2.28. The van der Waals surface area contributed by atoms with Gasteiger partial charge in [0, 0.05) is 26.1 Å². The van der Waals surface area contributed by atoms with E-state index in [9.17, 15) is 9.59 Å². The summed E-state index contributed by atoms with van der Waals surface area (Å²) in [4.78, 5) is 24.3. The first-order valence-corrected chi connectivity index (χ1v) is 7.65. The van der Waals surface area contributed by atoms with E-state index >= 15 is 0 Å². The minimum Gasteiger partial charge on any atom is -0.479 e. The molecule has 1 heterocycles. The van der Waals surface area contributed by atoms with E-state index in [-0.39, 0.29) is 24.4 Å². The number of rotatable bonds is 4. The van der Waals surface area contributed by atoms with Crippen LogP contribution in [0.3, 0.4) is 0 Å². The lowest BCUT2D eigenvalue weighted by molar-refractivity contribution is -0.146. The van der Waals surface area contributed by atoms with E-state index in [1.807, 2.05) is 0 Å². The molecule has 0 spiro atoms. The Hall–Kier alpha value is -1.30. The van der Waals surface area contributed by atoms with E-state index in [1.165, 1.54) is 0 Å². The minimum absolute atomic E-state index is 0.0273. The smallest absolute Gasteiger partial charge is 0.332 e. The molecule has 1 saturated heterocycles. The number of nitrogens with one attached hydrogen (secondary N) is 1. The van der Waals surface area contributed by atoms with Crippen LogP contribution in [0.25, 0.3) is 0 Å². The van der Waals surface area contributed by atoms with Crippen LogP contribution in [0.5, 0.6) is 0 Å². The van der Waals surface area contributed by atoms with Crippen molar-refractivity contribution in [3.05, 3.63) is 0 Å². The predicted molar refractivity (Wildman–Crippen MR) is 80.0 cm³/mol. The summed E-state index contributed by atoms with van der Waals surface area (Å²) in [7, 11) is 0. The van der Waals surface area contributed by atoms with Gasteiger partial charge in [-0.1, -0.05) is 20.8 Å². The van der Waals surface area contributed by atoms with Crippen LogP contribution in [0.2, 0.25) is 0 Å². The van der Waals surface area contributed by atoms with Gasteiger partial charge in [0.05, 0.1) is 0 Å². The average Bonchev–Trinajstić information content (AvgIpc) is 2.63. The fourth-order valence-electron chi connectivity index (χ4n) is 2.72. The maximum atomic E-state index is 12.0. The van der Waals surface area contributed by atoms with Gasteiger partial charge in [-0.2, -0.15) is 0 Å². The van der Waals surface area contributed by atoms with Gasteiger partial charge in [0.2, 0.25) is 0 Å². The third kappa shape index (κ3) is 5.91. The zero-order valence-electron chi connectivity index (χ0n) is 13.3. The first-order chi connectivity index (χ1) is 9.71. The molecule has 2 amide bonds. The molecule has 0 aromatic heterocycles. The second-order valence-electron chi connectivity index (χ2n) is 6.86. The number of urea groups is 1. The summed E-state index contributed by atoms with van der Waals surface area (Å²) in [5, 5.41) is 20.4. The lowest BCUT2D eigenvalue weighted by Crippen LogP contribution is -2.42. The van der Waals surface area contributed by atoms with Crippen molar-refractivity contribution in [3.63, 3.8) is 0 Å². The number of hydrogen-bond donors (Lipinski definition) is 3. The lowest BCUT2D eigenvalue weighted by atomic mass is 9.77. The van der Waals surface area contributed by atoms with Crippen LogP contribution in [0.4, 0.5) is 4.79 Å². The molecule has 122 valence electrons. The topological polar surface area (TPSA) is 89.9 Å². The molecule has 0 radical (unpaired) electrons. The summed E-state index contributed by atoms with van der Waals surface area (Å²) in [5.74, 6) is -0.642. The molecule has 1 rings (SSSR count). The normalized spacial score (nSPS) is 21.5. The van der Waals surface area contributed by atoms with Gasteiger partial charge in [-0.15, -0.1) is 0 Å². The monoisotopic (exact) mass is 300 g/mol. The summed E-state index contributed by atoms with van der Waals surface area (Å²) < 4.78 is 0. The van der Waals surface area contributed by atoms with E-state index in [4.69, 9.17) is 10.2 Å². The lowest BCUT2D eigenvalue weighted by Gasteiger charge is -2.29. The van der Waals surface area contributed by atoms with Gasteiger partial charge in [-0.05, 0) is 30.6 Å². The molecule has 0 aromatic rings. The summed E-state index contributed by atoms with van der Waals surface area (Å²) in [6.45, 7) is 8.35. The highest BCUT2D eigenvalue weighted by Crippen LogP contribution is 2.34. The van der Waals surface area contributed by atoms with E-state index < -0.39 is 12.1 Å². The molecule has 0 saturated carbocycles. The van der Waals surface area contributed by atoms with Crippen molar-refractivity contribution < 1.29 is 19.8 Å². The Morgan fingerprint density at radius 1 is 1.29 bits per heavy atom. The summed E-state index contributed by atoms with van der Waals surface area (Å²) in [6, 6.07) is -0.165. The first kappa shape index (κ1) is 17.8. The van der Waals surface area contributed by atoms with Gasteiger partial charge in [0.25, 0.3) is 0 Å². The SMILES string of the molecule is CC(C)(C)C1CCCN(C(=O)NCCC(O)C(=O)O)CC1.